The van der Waals surface area contributed by atoms with E-state index in [0.717, 1.165) is 25.7 Å². The van der Waals surface area contributed by atoms with Crippen LogP contribution < -0.4 is 15.8 Å². The van der Waals surface area contributed by atoms with Gasteiger partial charge in [0.25, 0.3) is 0 Å². The second kappa shape index (κ2) is 7.17. The van der Waals surface area contributed by atoms with Gasteiger partial charge in [-0.05, 0) is 43.7 Å². The Morgan fingerprint density at radius 3 is 2.55 bits per heavy atom. The number of hydrogen-bond acceptors (Lipinski definition) is 3. The zero-order valence-corrected chi connectivity index (χ0v) is 12.1. The molecule has 0 aromatic heterocycles. The minimum atomic E-state index is -4.49. The van der Waals surface area contributed by atoms with Gasteiger partial charge in [0, 0.05) is 24.3 Å². The number of ether oxygens (including phenoxy) is 1. The number of benzene rings is 1. The summed E-state index contributed by atoms with van der Waals surface area (Å²) in [5.74, 6) is 0.188. The van der Waals surface area contributed by atoms with E-state index in [2.05, 4.69) is 10.1 Å². The van der Waals surface area contributed by atoms with Crippen LogP contribution in [-0.4, -0.2) is 25.1 Å². The fourth-order valence-corrected chi connectivity index (χ4v) is 2.53. The Morgan fingerprint density at radius 2 is 1.91 bits per heavy atom. The molecule has 1 aromatic rings. The summed E-state index contributed by atoms with van der Waals surface area (Å²) in [6, 6.07) is 5.95. The van der Waals surface area contributed by atoms with Crippen molar-refractivity contribution in [3.8, 4) is 5.75 Å². The molecule has 3 nitrogen and oxygen atoms in total. The van der Waals surface area contributed by atoms with Crippen LogP contribution in [0, 0.1) is 5.92 Å². The topological polar surface area (TPSA) is 47.3 Å². The Morgan fingerprint density at radius 1 is 1.23 bits per heavy atom. The number of anilines is 1. The summed E-state index contributed by atoms with van der Waals surface area (Å²) in [6.07, 6.45) is -4.35. The number of nitrogens with two attached hydrogens (primary N) is 1. The van der Waals surface area contributed by atoms with Crippen molar-refractivity contribution < 1.29 is 22.3 Å². The lowest BCUT2D eigenvalue weighted by Gasteiger charge is -2.26. The molecule has 3 N–H and O–H groups in total. The highest BCUT2D eigenvalue weighted by atomic mass is 19.3. The summed E-state index contributed by atoms with van der Waals surface area (Å²) in [4.78, 5) is 0. The van der Waals surface area contributed by atoms with E-state index in [9.17, 15) is 17.6 Å². The number of halogens is 4. The van der Waals surface area contributed by atoms with Gasteiger partial charge in [0.05, 0.1) is 0 Å². The molecule has 0 saturated heterocycles. The molecule has 0 spiro atoms. The monoisotopic (exact) mass is 320 g/mol. The molecule has 1 fully saturated rings. The second-order valence-corrected chi connectivity index (χ2v) is 5.65. The average molecular weight is 320 g/mol. The molecule has 1 saturated carbocycles. The van der Waals surface area contributed by atoms with Crippen LogP contribution in [0.15, 0.2) is 24.3 Å². The molecular weight excluding hydrogens is 300 g/mol. The largest absolute Gasteiger partial charge is 0.461 e. The highest BCUT2D eigenvalue weighted by Crippen LogP contribution is 2.29. The van der Waals surface area contributed by atoms with Crippen LogP contribution in [-0.2, 0) is 0 Å². The first-order valence-corrected chi connectivity index (χ1v) is 7.31. The zero-order chi connectivity index (χ0) is 16.2. The van der Waals surface area contributed by atoms with Crippen molar-refractivity contribution >= 4 is 5.69 Å². The summed E-state index contributed by atoms with van der Waals surface area (Å²) in [7, 11) is 0. The lowest BCUT2D eigenvalue weighted by atomic mass is 9.86. The molecule has 0 unspecified atom stereocenters. The third-order valence-electron chi connectivity index (χ3n) is 3.83. The van der Waals surface area contributed by atoms with Crippen LogP contribution >= 0.6 is 0 Å². The number of nitrogens with one attached hydrogen (secondary N) is 1. The predicted octanol–water partition coefficient (Wildman–Crippen LogP) is 3.85. The van der Waals surface area contributed by atoms with Crippen molar-refractivity contribution in [2.24, 2.45) is 11.7 Å². The van der Waals surface area contributed by atoms with E-state index in [0.29, 0.717) is 18.2 Å². The van der Waals surface area contributed by atoms with Crippen LogP contribution in [0.2, 0.25) is 0 Å². The van der Waals surface area contributed by atoms with Gasteiger partial charge in [-0.15, -0.1) is 0 Å². The Kier molecular flexibility index (Phi) is 5.50. The molecule has 1 aromatic carbocycles. The van der Waals surface area contributed by atoms with Gasteiger partial charge < -0.3 is 15.8 Å². The van der Waals surface area contributed by atoms with Gasteiger partial charge in [0.15, 0.2) is 0 Å². The Balaban J connectivity index is 1.89. The maximum Gasteiger partial charge on any atom is 0.461 e. The van der Waals surface area contributed by atoms with Crippen molar-refractivity contribution in [2.45, 2.75) is 44.3 Å². The second-order valence-electron chi connectivity index (χ2n) is 5.65. The summed E-state index contributed by atoms with van der Waals surface area (Å²) < 4.78 is 54.1. The summed E-state index contributed by atoms with van der Waals surface area (Å²) in [5.41, 5.74) is 6.41. The fourth-order valence-electron chi connectivity index (χ4n) is 2.53. The molecule has 0 aliphatic heterocycles. The van der Waals surface area contributed by atoms with Crippen LogP contribution in [0.4, 0.5) is 23.2 Å². The quantitative estimate of drug-likeness (QED) is 0.783. The predicted molar refractivity (Wildman–Crippen MR) is 76.4 cm³/mol. The van der Waals surface area contributed by atoms with Crippen LogP contribution in [0.25, 0.3) is 0 Å². The molecule has 2 rings (SSSR count). The Labute approximate surface area is 126 Å². The third-order valence-corrected chi connectivity index (χ3v) is 3.83. The first kappa shape index (κ1) is 16.9. The molecule has 1 aliphatic rings. The smallest absolute Gasteiger partial charge is 0.428 e. The maximum atomic E-state index is 12.9. The molecule has 0 bridgehead atoms. The normalized spacial score (nSPS) is 22.6. The fraction of sp³-hybridized carbons (Fsp3) is 0.600. The standard InChI is InChI=1S/C15H20F4N2O/c16-14(17)15(18,19)22-13-3-1-2-12(8-13)21-9-10-4-6-11(20)7-5-10/h1-3,8,10-11,14,21H,4-7,9,20H2/t10-,11-. The van der Waals surface area contributed by atoms with E-state index in [1.165, 1.54) is 18.2 Å². The number of hydrogen-bond donors (Lipinski definition) is 2. The van der Waals surface area contributed by atoms with Gasteiger partial charge in [-0.1, -0.05) is 6.07 Å². The highest BCUT2D eigenvalue weighted by Gasteiger charge is 2.43. The van der Waals surface area contributed by atoms with Gasteiger partial charge in [-0.2, -0.15) is 17.6 Å². The van der Waals surface area contributed by atoms with Gasteiger partial charge in [-0.3, -0.25) is 0 Å². The number of rotatable bonds is 6. The summed E-state index contributed by atoms with van der Waals surface area (Å²) in [6.45, 7) is 0.696. The van der Waals surface area contributed by atoms with E-state index in [1.54, 1.807) is 6.07 Å². The minimum absolute atomic E-state index is 0.268. The first-order valence-electron chi connectivity index (χ1n) is 7.31. The first-order chi connectivity index (χ1) is 10.4. The van der Waals surface area contributed by atoms with Crippen LogP contribution in [0.3, 0.4) is 0 Å². The van der Waals surface area contributed by atoms with Gasteiger partial charge in [0.1, 0.15) is 5.75 Å². The van der Waals surface area contributed by atoms with Gasteiger partial charge in [-0.25, -0.2) is 0 Å². The molecule has 0 atom stereocenters. The van der Waals surface area contributed by atoms with E-state index < -0.39 is 12.5 Å². The third kappa shape index (κ3) is 4.76. The van der Waals surface area contributed by atoms with E-state index in [4.69, 9.17) is 5.73 Å². The molecule has 0 radical (unpaired) electrons. The molecule has 1 aliphatic carbocycles. The molecule has 124 valence electrons. The molecule has 22 heavy (non-hydrogen) atoms. The van der Waals surface area contributed by atoms with Crippen molar-refractivity contribution in [3.63, 3.8) is 0 Å². The summed E-state index contributed by atoms with van der Waals surface area (Å²) in [5, 5.41) is 3.13. The van der Waals surface area contributed by atoms with Gasteiger partial charge in [0.2, 0.25) is 0 Å². The van der Waals surface area contributed by atoms with Crippen LogP contribution in [0.5, 0.6) is 5.75 Å². The van der Waals surface area contributed by atoms with Crippen molar-refractivity contribution in [3.05, 3.63) is 24.3 Å². The molecular formula is C15H20F4N2O. The Hall–Kier alpha value is -1.50. The maximum absolute atomic E-state index is 12.9. The van der Waals surface area contributed by atoms with Crippen molar-refractivity contribution in [1.82, 2.24) is 0 Å². The molecule has 0 amide bonds. The minimum Gasteiger partial charge on any atom is -0.428 e. The zero-order valence-electron chi connectivity index (χ0n) is 12.1. The van der Waals surface area contributed by atoms with Crippen LogP contribution in [0.1, 0.15) is 25.7 Å². The Bertz CT molecular complexity index is 476. The lowest BCUT2D eigenvalue weighted by molar-refractivity contribution is -0.253. The summed E-state index contributed by atoms with van der Waals surface area (Å²) >= 11 is 0. The number of alkyl halides is 4. The molecule has 7 heteroatoms. The van der Waals surface area contributed by atoms with E-state index in [-0.39, 0.29) is 11.8 Å². The molecule has 0 heterocycles. The van der Waals surface area contributed by atoms with Crippen molar-refractivity contribution in [2.75, 3.05) is 11.9 Å². The lowest BCUT2D eigenvalue weighted by Crippen LogP contribution is -2.33. The average Bonchev–Trinajstić information content (AvgIpc) is 2.46. The van der Waals surface area contributed by atoms with E-state index >= 15 is 0 Å². The highest BCUT2D eigenvalue weighted by molar-refractivity contribution is 5.48. The SMILES string of the molecule is N[C@H]1CC[C@H](CNc2cccc(OC(F)(F)C(F)F)c2)CC1. The van der Waals surface area contributed by atoms with Crippen molar-refractivity contribution in [1.29, 1.82) is 0 Å². The van der Waals surface area contributed by atoms with E-state index in [1.807, 2.05) is 0 Å². The van der Waals surface area contributed by atoms with Gasteiger partial charge >= 0.3 is 12.5 Å².